The first-order valence-corrected chi connectivity index (χ1v) is 17.3. The molecule has 0 radical (unpaired) electrons. The molecule has 7 rings (SSSR count). The molecule has 4 atom stereocenters. The van der Waals surface area contributed by atoms with Gasteiger partial charge >= 0.3 is 0 Å². The highest BCUT2D eigenvalue weighted by Gasteiger charge is 2.45. The molecule has 1 heterocycles. The Balaban J connectivity index is 1.16. The molecule has 0 saturated carbocycles. The maximum absolute atomic E-state index is 11.8. The molecule has 0 unspecified atom stereocenters. The topological polar surface area (TPSA) is 77.4 Å². The van der Waals surface area contributed by atoms with Crippen LogP contribution in [0.1, 0.15) is 33.4 Å². The fraction of sp³-hybridized carbons (Fsp3) is 0.200. The van der Waals surface area contributed by atoms with Crippen LogP contribution in [0.5, 0.6) is 0 Å². The first-order valence-electron chi connectivity index (χ1n) is 17.3. The van der Waals surface area contributed by atoms with Gasteiger partial charge in [0.1, 0.15) is 42.4 Å². The van der Waals surface area contributed by atoms with Gasteiger partial charge in [-0.2, -0.15) is 0 Å². The fourth-order valence-electron chi connectivity index (χ4n) is 7.19. The molecule has 258 valence electrons. The molecule has 6 aromatic carbocycles. The minimum absolute atomic E-state index is 0.0775. The molecule has 1 fully saturated rings. The van der Waals surface area contributed by atoms with E-state index in [1.807, 2.05) is 182 Å². The Kier molecular flexibility index (Phi) is 10.8. The molecule has 0 aromatic heterocycles. The van der Waals surface area contributed by atoms with E-state index in [1.54, 1.807) is 0 Å². The minimum atomic E-state index is -1.13. The van der Waals surface area contributed by atoms with Crippen molar-refractivity contribution in [1.29, 1.82) is 0 Å². The first-order chi connectivity index (χ1) is 25.1. The second-order valence-electron chi connectivity index (χ2n) is 12.7. The van der Waals surface area contributed by atoms with Crippen LogP contribution >= 0.6 is 0 Å². The van der Waals surface area contributed by atoms with E-state index in [0.717, 1.165) is 33.4 Å². The van der Waals surface area contributed by atoms with E-state index < -0.39 is 35.6 Å². The van der Waals surface area contributed by atoms with Crippen molar-refractivity contribution < 1.29 is 29.2 Å². The van der Waals surface area contributed by atoms with Crippen molar-refractivity contribution in [3.63, 3.8) is 0 Å². The van der Waals surface area contributed by atoms with Gasteiger partial charge in [-0.15, -0.1) is 0 Å². The number of rotatable bonds is 14. The van der Waals surface area contributed by atoms with Crippen LogP contribution in [0.4, 0.5) is 0 Å². The van der Waals surface area contributed by atoms with Gasteiger partial charge < -0.3 is 29.2 Å². The average molecular weight is 679 g/mol. The largest absolute Gasteiger partial charge is 0.388 e. The summed E-state index contributed by atoms with van der Waals surface area (Å²) in [7, 11) is 0. The van der Waals surface area contributed by atoms with Crippen LogP contribution in [-0.4, -0.2) is 54.6 Å². The van der Waals surface area contributed by atoms with E-state index in [4.69, 9.17) is 18.9 Å². The first kappa shape index (κ1) is 34.5. The van der Waals surface area contributed by atoms with Gasteiger partial charge in [-0.1, -0.05) is 182 Å². The molecule has 2 N–H and O–H groups in total. The molecule has 6 aromatic rings. The van der Waals surface area contributed by atoms with Gasteiger partial charge in [0.05, 0.1) is 13.2 Å². The molecule has 6 heteroatoms. The van der Waals surface area contributed by atoms with Crippen molar-refractivity contribution in [2.45, 2.75) is 35.6 Å². The zero-order valence-corrected chi connectivity index (χ0v) is 28.3. The molecule has 0 spiro atoms. The van der Waals surface area contributed by atoms with Crippen LogP contribution in [0.2, 0.25) is 0 Å². The second kappa shape index (κ2) is 16.0. The summed E-state index contributed by atoms with van der Waals surface area (Å²) in [5, 5.41) is 23.5. The quantitative estimate of drug-likeness (QED) is 0.117. The van der Waals surface area contributed by atoms with Crippen molar-refractivity contribution in [2.24, 2.45) is 0 Å². The molecule has 6 nitrogen and oxygen atoms in total. The van der Waals surface area contributed by atoms with Crippen molar-refractivity contribution in [3.05, 3.63) is 215 Å². The van der Waals surface area contributed by atoms with Crippen molar-refractivity contribution >= 4 is 0 Å². The van der Waals surface area contributed by atoms with E-state index in [-0.39, 0.29) is 20.0 Å². The summed E-state index contributed by atoms with van der Waals surface area (Å²) in [4.78, 5) is 0. The van der Waals surface area contributed by atoms with Crippen LogP contribution < -0.4 is 0 Å². The number of ether oxygens (including phenoxy) is 4. The highest BCUT2D eigenvalue weighted by atomic mass is 16.7. The van der Waals surface area contributed by atoms with Crippen molar-refractivity contribution in [3.8, 4) is 0 Å². The van der Waals surface area contributed by atoms with Crippen LogP contribution in [-0.2, 0) is 30.1 Å². The zero-order valence-electron chi connectivity index (χ0n) is 28.3. The summed E-state index contributed by atoms with van der Waals surface area (Å²) in [6, 6.07) is 60.0. The van der Waals surface area contributed by atoms with Crippen molar-refractivity contribution in [1.82, 2.24) is 0 Å². The van der Waals surface area contributed by atoms with Crippen molar-refractivity contribution in [2.75, 3.05) is 20.0 Å². The lowest BCUT2D eigenvalue weighted by atomic mass is 9.80. The molecule has 0 amide bonds. The van der Waals surface area contributed by atoms with E-state index in [1.165, 1.54) is 0 Å². The standard InChI is InChI=1S/C45H42O6/c46-40(31-50-44(34-19-7-1-8-20-34,35-21-9-2-10-22-35)36-23-11-3-12-24-36)42-43(49-33-48-42)41(47)32-51-45(37-25-13-4-14-26-37,38-27-15-5-16-28-38)39-29-17-6-18-30-39/h1-30,40-43,46-47H,31-33H2/t40-,41-,42-,43+/m1/s1. The number of aliphatic hydroxyl groups is 2. The van der Waals surface area contributed by atoms with Gasteiger partial charge in [0, 0.05) is 0 Å². The van der Waals surface area contributed by atoms with Gasteiger partial charge in [0.25, 0.3) is 0 Å². The number of hydrogen-bond acceptors (Lipinski definition) is 6. The Morgan fingerprint density at radius 2 is 0.627 bits per heavy atom. The lowest BCUT2D eigenvalue weighted by molar-refractivity contribution is -0.112. The summed E-state index contributed by atoms with van der Waals surface area (Å²) < 4.78 is 25.7. The Morgan fingerprint density at radius 1 is 0.412 bits per heavy atom. The zero-order chi connectivity index (χ0) is 34.9. The molecule has 1 aliphatic heterocycles. The normalized spacial score (nSPS) is 17.5. The van der Waals surface area contributed by atoms with Crippen LogP contribution in [0.25, 0.3) is 0 Å². The number of benzene rings is 6. The SMILES string of the molecule is O[C@H](COC(c1ccccc1)(c1ccccc1)c1ccccc1)[C@@H]1OCO[C@@H]1[C@H](O)COC(c1ccccc1)(c1ccccc1)c1ccccc1. The monoisotopic (exact) mass is 678 g/mol. The lowest BCUT2D eigenvalue weighted by Crippen LogP contribution is -2.48. The third kappa shape index (κ3) is 7.03. The molecule has 0 bridgehead atoms. The Bertz CT molecular complexity index is 1570. The van der Waals surface area contributed by atoms with Gasteiger partial charge in [-0.3, -0.25) is 0 Å². The maximum Gasteiger partial charge on any atom is 0.148 e. The number of hydrogen-bond donors (Lipinski definition) is 2. The van der Waals surface area contributed by atoms with E-state index in [2.05, 4.69) is 0 Å². The number of aliphatic hydroxyl groups excluding tert-OH is 2. The maximum atomic E-state index is 11.8. The predicted octanol–water partition coefficient (Wildman–Crippen LogP) is 7.47. The van der Waals surface area contributed by atoms with Crippen LogP contribution in [0, 0.1) is 0 Å². The highest BCUT2D eigenvalue weighted by Crippen LogP contribution is 2.42. The lowest BCUT2D eigenvalue weighted by Gasteiger charge is -2.38. The van der Waals surface area contributed by atoms with Crippen LogP contribution in [0.15, 0.2) is 182 Å². The average Bonchev–Trinajstić information content (AvgIpc) is 3.72. The molecule has 51 heavy (non-hydrogen) atoms. The molecular formula is C45H42O6. The summed E-state index contributed by atoms with van der Waals surface area (Å²) in [6.07, 6.45) is -4.01. The minimum Gasteiger partial charge on any atom is -0.388 e. The smallest absolute Gasteiger partial charge is 0.148 e. The fourth-order valence-corrected chi connectivity index (χ4v) is 7.19. The van der Waals surface area contributed by atoms with E-state index in [0.29, 0.717) is 0 Å². The summed E-state index contributed by atoms with van der Waals surface area (Å²) in [5.74, 6) is 0. The summed E-state index contributed by atoms with van der Waals surface area (Å²) in [5.41, 5.74) is 3.46. The molecule has 1 saturated heterocycles. The Labute approximate surface area is 299 Å². The van der Waals surface area contributed by atoms with Gasteiger partial charge in [-0.05, 0) is 33.4 Å². The third-order valence-corrected chi connectivity index (χ3v) is 9.63. The van der Waals surface area contributed by atoms with E-state index >= 15 is 0 Å². The molecule has 0 aliphatic carbocycles. The predicted molar refractivity (Wildman–Crippen MR) is 197 cm³/mol. The van der Waals surface area contributed by atoms with Gasteiger partial charge in [-0.25, -0.2) is 0 Å². The Hall–Kier alpha value is -4.92. The van der Waals surface area contributed by atoms with Gasteiger partial charge in [0.2, 0.25) is 0 Å². The Morgan fingerprint density at radius 3 is 0.843 bits per heavy atom. The highest BCUT2D eigenvalue weighted by molar-refractivity contribution is 5.49. The third-order valence-electron chi connectivity index (χ3n) is 9.63. The molecular weight excluding hydrogens is 636 g/mol. The van der Waals surface area contributed by atoms with Gasteiger partial charge in [0.15, 0.2) is 0 Å². The summed E-state index contributed by atoms with van der Waals surface area (Å²) in [6.45, 7) is -0.274. The van der Waals surface area contributed by atoms with E-state index in [9.17, 15) is 10.2 Å². The second-order valence-corrected chi connectivity index (χ2v) is 12.7. The summed E-state index contributed by atoms with van der Waals surface area (Å²) >= 11 is 0. The molecule has 1 aliphatic rings. The van der Waals surface area contributed by atoms with Crippen LogP contribution in [0.3, 0.4) is 0 Å².